The largest absolute Gasteiger partial charge is 0.416 e. The van der Waals surface area contributed by atoms with Crippen LogP contribution in [0.1, 0.15) is 21.5 Å². The van der Waals surface area contributed by atoms with Gasteiger partial charge in [0, 0.05) is 41.6 Å². The predicted octanol–water partition coefficient (Wildman–Crippen LogP) is 5.31. The number of amides is 1. The molecule has 2 N–H and O–H groups in total. The molecule has 6 nitrogen and oxygen atoms in total. The highest BCUT2D eigenvalue weighted by atomic mass is 19.4. The molecule has 0 saturated heterocycles. The molecule has 0 aliphatic heterocycles. The van der Waals surface area contributed by atoms with E-state index < -0.39 is 17.6 Å². The fourth-order valence-electron chi connectivity index (χ4n) is 3.36. The molecule has 32 heavy (non-hydrogen) atoms. The van der Waals surface area contributed by atoms with E-state index in [9.17, 15) is 18.0 Å². The van der Waals surface area contributed by atoms with E-state index in [1.54, 1.807) is 38.5 Å². The van der Waals surface area contributed by atoms with Crippen LogP contribution in [0, 0.1) is 6.92 Å². The first-order chi connectivity index (χ1) is 15.3. The molecule has 4 rings (SSSR count). The van der Waals surface area contributed by atoms with Crippen molar-refractivity contribution in [2.75, 3.05) is 17.7 Å². The minimum absolute atomic E-state index is 0.0690. The standard InChI is InChI=1S/C23H18F3N5O/c1-13-18(14-9-15-12-29-22(27-2)31-20(15)28-11-14)7-4-8-19(13)21(32)30-17-6-3-5-16(10-17)23(24,25)26/h3-12H,1-2H3,(H,30,32)(H,27,28,29,31). The van der Waals surface area contributed by atoms with Crippen LogP contribution >= 0.6 is 0 Å². The lowest BCUT2D eigenvalue weighted by atomic mass is 9.96. The van der Waals surface area contributed by atoms with Gasteiger partial charge in [0.2, 0.25) is 5.95 Å². The van der Waals surface area contributed by atoms with E-state index in [1.807, 2.05) is 12.1 Å². The van der Waals surface area contributed by atoms with Crippen molar-refractivity contribution in [3.63, 3.8) is 0 Å². The minimum Gasteiger partial charge on any atom is -0.357 e. The number of halogens is 3. The van der Waals surface area contributed by atoms with E-state index in [1.165, 1.54) is 12.1 Å². The van der Waals surface area contributed by atoms with Crippen LogP contribution in [0.4, 0.5) is 24.8 Å². The van der Waals surface area contributed by atoms with Gasteiger partial charge in [-0.3, -0.25) is 4.79 Å². The molecule has 2 aromatic carbocycles. The van der Waals surface area contributed by atoms with Crippen LogP contribution in [-0.2, 0) is 6.18 Å². The number of fused-ring (bicyclic) bond motifs is 1. The third-order valence-corrected chi connectivity index (χ3v) is 4.99. The van der Waals surface area contributed by atoms with Crippen LogP contribution in [0.3, 0.4) is 0 Å². The maximum atomic E-state index is 13.0. The van der Waals surface area contributed by atoms with Gasteiger partial charge in [-0.15, -0.1) is 0 Å². The second-order valence-electron chi connectivity index (χ2n) is 7.09. The van der Waals surface area contributed by atoms with E-state index in [0.717, 1.165) is 28.6 Å². The molecular formula is C23H18F3N5O. The molecule has 1 amide bonds. The average molecular weight is 437 g/mol. The molecule has 2 heterocycles. The summed E-state index contributed by atoms with van der Waals surface area (Å²) in [6, 6.07) is 11.6. The number of rotatable bonds is 4. The first-order valence-corrected chi connectivity index (χ1v) is 9.65. The molecule has 0 atom stereocenters. The molecule has 0 aliphatic rings. The Labute approximate surface area is 181 Å². The molecule has 0 unspecified atom stereocenters. The maximum absolute atomic E-state index is 13.0. The highest BCUT2D eigenvalue weighted by Gasteiger charge is 2.30. The number of aromatic nitrogens is 3. The van der Waals surface area contributed by atoms with Crippen molar-refractivity contribution < 1.29 is 18.0 Å². The lowest BCUT2D eigenvalue weighted by Gasteiger charge is -2.13. The van der Waals surface area contributed by atoms with Gasteiger partial charge in [-0.05, 0) is 48.4 Å². The first-order valence-electron chi connectivity index (χ1n) is 9.65. The van der Waals surface area contributed by atoms with E-state index in [2.05, 4.69) is 25.6 Å². The molecule has 9 heteroatoms. The van der Waals surface area contributed by atoms with Crippen molar-refractivity contribution in [3.8, 4) is 11.1 Å². The van der Waals surface area contributed by atoms with Gasteiger partial charge >= 0.3 is 6.18 Å². The zero-order valence-corrected chi connectivity index (χ0v) is 17.2. The SMILES string of the molecule is CNc1ncc2cc(-c3cccc(C(=O)Nc4cccc(C(F)(F)F)c4)c3C)cnc2n1. The minimum atomic E-state index is -4.49. The monoisotopic (exact) mass is 437 g/mol. The van der Waals surface area contributed by atoms with Gasteiger partial charge in [0.1, 0.15) is 0 Å². The van der Waals surface area contributed by atoms with Gasteiger partial charge in [-0.1, -0.05) is 18.2 Å². The lowest BCUT2D eigenvalue weighted by Crippen LogP contribution is -2.14. The predicted molar refractivity (Wildman–Crippen MR) is 116 cm³/mol. The third-order valence-electron chi connectivity index (χ3n) is 4.99. The number of hydrogen-bond donors (Lipinski definition) is 2. The molecule has 0 radical (unpaired) electrons. The number of nitrogens with one attached hydrogen (secondary N) is 2. The second kappa shape index (κ2) is 8.26. The van der Waals surface area contributed by atoms with Crippen LogP contribution in [0.5, 0.6) is 0 Å². The van der Waals surface area contributed by atoms with Crippen molar-refractivity contribution in [1.82, 2.24) is 15.0 Å². The quantitative estimate of drug-likeness (QED) is 0.452. The number of benzene rings is 2. The molecule has 4 aromatic rings. The molecule has 2 aromatic heterocycles. The smallest absolute Gasteiger partial charge is 0.357 e. The van der Waals surface area contributed by atoms with Crippen molar-refractivity contribution in [1.29, 1.82) is 0 Å². The fourth-order valence-corrected chi connectivity index (χ4v) is 3.36. The number of carbonyl (C=O) groups excluding carboxylic acids is 1. The van der Waals surface area contributed by atoms with E-state index >= 15 is 0 Å². The molecule has 0 saturated carbocycles. The second-order valence-corrected chi connectivity index (χ2v) is 7.09. The molecule has 0 spiro atoms. The van der Waals surface area contributed by atoms with Crippen molar-refractivity contribution in [3.05, 3.63) is 77.6 Å². The summed E-state index contributed by atoms with van der Waals surface area (Å²) in [6.07, 6.45) is -1.17. The summed E-state index contributed by atoms with van der Waals surface area (Å²) in [7, 11) is 1.72. The van der Waals surface area contributed by atoms with Crippen molar-refractivity contribution >= 4 is 28.6 Å². The summed E-state index contributed by atoms with van der Waals surface area (Å²) in [5, 5.41) is 6.14. The molecule has 162 valence electrons. The number of hydrogen-bond acceptors (Lipinski definition) is 5. The lowest BCUT2D eigenvalue weighted by molar-refractivity contribution is -0.137. The zero-order valence-electron chi connectivity index (χ0n) is 17.2. The summed E-state index contributed by atoms with van der Waals surface area (Å²) >= 11 is 0. The summed E-state index contributed by atoms with van der Waals surface area (Å²) in [4.78, 5) is 25.7. The number of carbonyl (C=O) groups is 1. The first kappa shape index (κ1) is 21.2. The zero-order chi connectivity index (χ0) is 22.9. The Bertz CT molecular complexity index is 1320. The number of pyridine rings is 1. The van der Waals surface area contributed by atoms with Crippen LogP contribution in [-0.4, -0.2) is 27.9 Å². The Kier molecular flexibility index (Phi) is 5.48. The van der Waals surface area contributed by atoms with E-state index in [0.29, 0.717) is 22.7 Å². The van der Waals surface area contributed by atoms with Crippen LogP contribution in [0.15, 0.2) is 60.9 Å². The Morgan fingerprint density at radius 2 is 1.78 bits per heavy atom. The summed E-state index contributed by atoms with van der Waals surface area (Å²) in [5.74, 6) is -0.0402. The molecular weight excluding hydrogens is 419 g/mol. The summed E-state index contributed by atoms with van der Waals surface area (Å²) < 4.78 is 38.9. The molecule has 0 fully saturated rings. The Balaban J connectivity index is 1.65. The van der Waals surface area contributed by atoms with Crippen molar-refractivity contribution in [2.45, 2.75) is 13.1 Å². The van der Waals surface area contributed by atoms with E-state index in [4.69, 9.17) is 0 Å². The third kappa shape index (κ3) is 4.22. The normalized spacial score (nSPS) is 11.4. The van der Waals surface area contributed by atoms with Crippen LogP contribution in [0.2, 0.25) is 0 Å². The van der Waals surface area contributed by atoms with Gasteiger partial charge in [-0.25, -0.2) is 9.97 Å². The maximum Gasteiger partial charge on any atom is 0.416 e. The Hall–Kier alpha value is -4.01. The molecule has 0 bridgehead atoms. The molecule has 0 aliphatic carbocycles. The number of alkyl halides is 3. The highest BCUT2D eigenvalue weighted by Crippen LogP contribution is 2.31. The summed E-state index contributed by atoms with van der Waals surface area (Å²) in [6.45, 7) is 1.78. The van der Waals surface area contributed by atoms with E-state index in [-0.39, 0.29) is 5.69 Å². The topological polar surface area (TPSA) is 79.8 Å². The van der Waals surface area contributed by atoms with Gasteiger partial charge in [0.25, 0.3) is 5.91 Å². The Morgan fingerprint density at radius 3 is 2.53 bits per heavy atom. The Morgan fingerprint density at radius 1 is 1.00 bits per heavy atom. The fraction of sp³-hybridized carbons (Fsp3) is 0.130. The van der Waals surface area contributed by atoms with Crippen molar-refractivity contribution in [2.24, 2.45) is 0 Å². The van der Waals surface area contributed by atoms with Gasteiger partial charge in [-0.2, -0.15) is 18.2 Å². The summed E-state index contributed by atoms with van der Waals surface area (Å²) in [5.41, 5.74) is 2.33. The van der Waals surface area contributed by atoms with Gasteiger partial charge < -0.3 is 10.6 Å². The number of anilines is 2. The van der Waals surface area contributed by atoms with Crippen LogP contribution in [0.25, 0.3) is 22.2 Å². The van der Waals surface area contributed by atoms with Gasteiger partial charge in [0.05, 0.1) is 5.56 Å². The average Bonchev–Trinajstić information content (AvgIpc) is 2.78. The van der Waals surface area contributed by atoms with Crippen LogP contribution < -0.4 is 10.6 Å². The van der Waals surface area contributed by atoms with Gasteiger partial charge in [0.15, 0.2) is 5.65 Å². The highest BCUT2D eigenvalue weighted by molar-refractivity contribution is 6.06. The number of nitrogens with zero attached hydrogens (tertiary/aromatic N) is 3.